The van der Waals surface area contributed by atoms with Gasteiger partial charge in [-0.1, -0.05) is 29.3 Å². The van der Waals surface area contributed by atoms with E-state index in [1.807, 2.05) is 12.3 Å². The number of hydrogen-bond acceptors (Lipinski definition) is 3. The van der Waals surface area contributed by atoms with E-state index in [0.29, 0.717) is 21.2 Å². The van der Waals surface area contributed by atoms with Gasteiger partial charge in [0.25, 0.3) is 0 Å². The van der Waals surface area contributed by atoms with Crippen LogP contribution in [0.5, 0.6) is 0 Å². The molecule has 0 aliphatic rings. The van der Waals surface area contributed by atoms with Gasteiger partial charge in [-0.25, -0.2) is 9.48 Å². The van der Waals surface area contributed by atoms with Gasteiger partial charge in [0.05, 0.1) is 11.3 Å². The van der Waals surface area contributed by atoms with Crippen LogP contribution in [0.2, 0.25) is 10.0 Å². The zero-order chi connectivity index (χ0) is 16.2. The molecule has 0 aliphatic heterocycles. The fourth-order valence-electron chi connectivity index (χ4n) is 2.04. The normalized spacial score (nSPS) is 10.5. The second-order valence-corrected chi connectivity index (χ2v) is 5.65. The summed E-state index contributed by atoms with van der Waals surface area (Å²) in [6.07, 6.45) is 3.52. The summed E-state index contributed by atoms with van der Waals surface area (Å²) >= 11 is 11.9. The van der Waals surface area contributed by atoms with Crippen molar-refractivity contribution in [1.29, 1.82) is 0 Å². The molecule has 0 saturated carbocycles. The van der Waals surface area contributed by atoms with E-state index in [0.717, 1.165) is 5.69 Å². The smallest absolute Gasteiger partial charge is 0.338 e. The highest BCUT2D eigenvalue weighted by atomic mass is 35.5. The Morgan fingerprint density at radius 3 is 2.57 bits per heavy atom. The number of carbonyl (C=O) groups excluding carboxylic acids is 1. The number of carbonyl (C=O) groups is 1. The van der Waals surface area contributed by atoms with Gasteiger partial charge >= 0.3 is 5.97 Å². The van der Waals surface area contributed by atoms with Crippen molar-refractivity contribution >= 4 is 29.2 Å². The van der Waals surface area contributed by atoms with Gasteiger partial charge in [0.2, 0.25) is 0 Å². The molecule has 0 atom stereocenters. The number of ether oxygens (including phenoxy) is 1. The Kier molecular flexibility index (Phi) is 4.65. The lowest BCUT2D eigenvalue weighted by atomic mass is 10.2. The van der Waals surface area contributed by atoms with Gasteiger partial charge < -0.3 is 4.74 Å². The summed E-state index contributed by atoms with van der Waals surface area (Å²) in [6, 6.07) is 13.9. The third-order valence-electron chi connectivity index (χ3n) is 3.25. The Balaban J connectivity index is 1.66. The molecule has 3 aromatic rings. The molecule has 0 aliphatic carbocycles. The fraction of sp³-hybridized carbons (Fsp3) is 0.0588. The second-order valence-electron chi connectivity index (χ2n) is 4.81. The van der Waals surface area contributed by atoms with Crippen molar-refractivity contribution in [3.8, 4) is 5.69 Å². The first-order chi connectivity index (χ1) is 11.1. The van der Waals surface area contributed by atoms with Crippen molar-refractivity contribution in [3.05, 3.63) is 82.1 Å². The van der Waals surface area contributed by atoms with Gasteiger partial charge in [-0.05, 0) is 42.5 Å². The van der Waals surface area contributed by atoms with Crippen LogP contribution < -0.4 is 0 Å². The first-order valence-electron chi connectivity index (χ1n) is 6.84. The third-order valence-corrected chi connectivity index (χ3v) is 3.83. The van der Waals surface area contributed by atoms with Crippen LogP contribution in [-0.4, -0.2) is 15.7 Å². The number of nitrogens with zero attached hydrogens (tertiary/aromatic N) is 2. The van der Waals surface area contributed by atoms with Gasteiger partial charge in [0.1, 0.15) is 6.61 Å². The summed E-state index contributed by atoms with van der Waals surface area (Å²) in [6.45, 7) is 0.0930. The Labute approximate surface area is 143 Å². The molecule has 1 heterocycles. The quantitative estimate of drug-likeness (QED) is 0.651. The summed E-state index contributed by atoms with van der Waals surface area (Å²) < 4.78 is 6.99. The Hall–Kier alpha value is -2.30. The van der Waals surface area contributed by atoms with Gasteiger partial charge in [-0.2, -0.15) is 5.10 Å². The molecule has 0 radical (unpaired) electrons. The van der Waals surface area contributed by atoms with Crippen molar-refractivity contribution in [3.63, 3.8) is 0 Å². The average Bonchev–Trinajstić information content (AvgIpc) is 3.08. The topological polar surface area (TPSA) is 44.1 Å². The molecule has 0 fully saturated rings. The molecular weight excluding hydrogens is 335 g/mol. The van der Waals surface area contributed by atoms with Crippen molar-refractivity contribution in [2.24, 2.45) is 0 Å². The highest BCUT2D eigenvalue weighted by Crippen LogP contribution is 2.22. The van der Waals surface area contributed by atoms with Crippen LogP contribution in [-0.2, 0) is 11.3 Å². The van der Waals surface area contributed by atoms with Crippen LogP contribution in [0.15, 0.2) is 60.9 Å². The number of rotatable bonds is 4. The maximum Gasteiger partial charge on any atom is 0.338 e. The van der Waals surface area contributed by atoms with Crippen molar-refractivity contribution < 1.29 is 9.53 Å². The zero-order valence-corrected chi connectivity index (χ0v) is 13.5. The van der Waals surface area contributed by atoms with Gasteiger partial charge in [0.15, 0.2) is 0 Å². The van der Waals surface area contributed by atoms with Gasteiger partial charge in [0, 0.05) is 28.0 Å². The number of aromatic nitrogens is 2. The predicted octanol–water partition coefficient (Wildman–Crippen LogP) is 4.54. The molecule has 2 aromatic carbocycles. The summed E-state index contributed by atoms with van der Waals surface area (Å²) in [5.74, 6) is -0.414. The fourth-order valence-corrected chi connectivity index (χ4v) is 2.50. The standard InChI is InChI=1S/C17H12Cl2N2O2/c18-14-5-2-13(16(19)10-14)11-23-17(22)12-3-6-15(7-4-12)21-9-1-8-20-21/h1-10H,11H2. The molecule has 116 valence electrons. The highest BCUT2D eigenvalue weighted by Gasteiger charge is 2.09. The minimum absolute atomic E-state index is 0.0930. The Morgan fingerprint density at radius 2 is 1.91 bits per heavy atom. The monoisotopic (exact) mass is 346 g/mol. The molecule has 1 aromatic heterocycles. The highest BCUT2D eigenvalue weighted by molar-refractivity contribution is 6.35. The summed E-state index contributed by atoms with van der Waals surface area (Å²) in [4.78, 5) is 12.1. The molecule has 23 heavy (non-hydrogen) atoms. The predicted molar refractivity (Wildman–Crippen MR) is 89.1 cm³/mol. The largest absolute Gasteiger partial charge is 0.457 e. The van der Waals surface area contributed by atoms with Crippen LogP contribution in [0, 0.1) is 0 Å². The molecule has 0 bridgehead atoms. The van der Waals surface area contributed by atoms with Crippen LogP contribution in [0.25, 0.3) is 5.69 Å². The Bertz CT molecular complexity index is 815. The molecule has 0 N–H and O–H groups in total. The average molecular weight is 347 g/mol. The molecule has 3 rings (SSSR count). The van der Waals surface area contributed by atoms with Crippen molar-refractivity contribution in [2.75, 3.05) is 0 Å². The van der Waals surface area contributed by atoms with Gasteiger partial charge in [-0.3, -0.25) is 0 Å². The van der Waals surface area contributed by atoms with E-state index < -0.39 is 5.97 Å². The van der Waals surface area contributed by atoms with Crippen LogP contribution in [0.1, 0.15) is 15.9 Å². The van der Waals surface area contributed by atoms with E-state index >= 15 is 0 Å². The van der Waals surface area contributed by atoms with E-state index in [-0.39, 0.29) is 6.61 Å². The number of halogens is 2. The molecule has 0 amide bonds. The lowest BCUT2D eigenvalue weighted by Gasteiger charge is -2.08. The summed E-state index contributed by atoms with van der Waals surface area (Å²) in [5.41, 5.74) is 2.04. The number of benzene rings is 2. The van der Waals surface area contributed by atoms with E-state index in [9.17, 15) is 4.79 Å². The summed E-state index contributed by atoms with van der Waals surface area (Å²) in [5, 5.41) is 5.14. The maximum atomic E-state index is 12.1. The second kappa shape index (κ2) is 6.86. The van der Waals surface area contributed by atoms with E-state index in [1.54, 1.807) is 53.3 Å². The van der Waals surface area contributed by atoms with E-state index in [1.165, 1.54) is 0 Å². The van der Waals surface area contributed by atoms with E-state index in [2.05, 4.69) is 5.10 Å². The molecular formula is C17H12Cl2N2O2. The minimum Gasteiger partial charge on any atom is -0.457 e. The van der Waals surface area contributed by atoms with Crippen LogP contribution in [0.4, 0.5) is 0 Å². The zero-order valence-electron chi connectivity index (χ0n) is 11.9. The number of esters is 1. The maximum absolute atomic E-state index is 12.1. The van der Waals surface area contributed by atoms with Gasteiger partial charge in [-0.15, -0.1) is 0 Å². The molecule has 0 saturated heterocycles. The van der Waals surface area contributed by atoms with Crippen molar-refractivity contribution in [1.82, 2.24) is 9.78 Å². The van der Waals surface area contributed by atoms with Crippen LogP contribution >= 0.6 is 23.2 Å². The van der Waals surface area contributed by atoms with Crippen LogP contribution in [0.3, 0.4) is 0 Å². The van der Waals surface area contributed by atoms with Crippen molar-refractivity contribution in [2.45, 2.75) is 6.61 Å². The molecule has 4 nitrogen and oxygen atoms in total. The lowest BCUT2D eigenvalue weighted by molar-refractivity contribution is 0.0473. The lowest BCUT2D eigenvalue weighted by Crippen LogP contribution is -2.06. The summed E-state index contributed by atoms with van der Waals surface area (Å²) in [7, 11) is 0. The molecule has 6 heteroatoms. The minimum atomic E-state index is -0.414. The number of hydrogen-bond donors (Lipinski definition) is 0. The third kappa shape index (κ3) is 3.73. The first kappa shape index (κ1) is 15.6. The van der Waals surface area contributed by atoms with E-state index in [4.69, 9.17) is 27.9 Å². The first-order valence-corrected chi connectivity index (χ1v) is 7.60. The molecule has 0 unspecified atom stereocenters. The SMILES string of the molecule is O=C(OCc1ccc(Cl)cc1Cl)c1ccc(-n2cccn2)cc1. The Morgan fingerprint density at radius 1 is 1.13 bits per heavy atom. The molecule has 0 spiro atoms.